The highest BCUT2D eigenvalue weighted by Gasteiger charge is 2.20. The first-order valence-corrected chi connectivity index (χ1v) is 7.60. The fourth-order valence-corrected chi connectivity index (χ4v) is 2.35. The number of carbonyl (C=O) groups is 1. The third kappa shape index (κ3) is 3.62. The maximum absolute atomic E-state index is 12.2. The Balaban J connectivity index is 2.15. The van der Waals surface area contributed by atoms with Gasteiger partial charge in [-0.3, -0.25) is 4.79 Å². The highest BCUT2D eigenvalue weighted by molar-refractivity contribution is 7.98. The fraction of sp³-hybridized carbons (Fsp3) is 0.333. The van der Waals surface area contributed by atoms with Gasteiger partial charge in [0.25, 0.3) is 5.91 Å². The van der Waals surface area contributed by atoms with E-state index in [0.717, 1.165) is 10.5 Å². The lowest BCUT2D eigenvalue weighted by Crippen LogP contribution is -2.41. The minimum atomic E-state index is -0.218. The molecule has 1 aliphatic heterocycles. The summed E-state index contributed by atoms with van der Waals surface area (Å²) in [6.07, 6.45) is 3.65. The molecule has 0 radical (unpaired) electrons. The van der Waals surface area contributed by atoms with Crippen LogP contribution in [-0.4, -0.2) is 43.4 Å². The molecule has 0 aliphatic carbocycles. The SMILES string of the molecule is CSc1ccc(C=C(C#N)C(=O)N2CCOCC2)cc1. The average molecular weight is 288 g/mol. The van der Waals surface area contributed by atoms with Gasteiger partial charge in [0.1, 0.15) is 11.6 Å². The van der Waals surface area contributed by atoms with Gasteiger partial charge in [0.2, 0.25) is 0 Å². The normalized spacial score (nSPS) is 15.8. The molecule has 0 spiro atoms. The summed E-state index contributed by atoms with van der Waals surface area (Å²) in [5, 5.41) is 9.19. The van der Waals surface area contributed by atoms with E-state index in [1.165, 1.54) is 0 Å². The number of thioether (sulfide) groups is 1. The molecular formula is C15H16N2O2S. The predicted octanol–water partition coefficient (Wildman–Crippen LogP) is 2.17. The number of amides is 1. The first-order valence-electron chi connectivity index (χ1n) is 6.37. The Bertz CT molecular complexity index is 540. The Morgan fingerprint density at radius 3 is 2.55 bits per heavy atom. The van der Waals surface area contributed by atoms with E-state index in [-0.39, 0.29) is 11.5 Å². The summed E-state index contributed by atoms with van der Waals surface area (Å²) in [5.74, 6) is -0.218. The van der Waals surface area contributed by atoms with Crippen molar-refractivity contribution in [3.05, 3.63) is 35.4 Å². The van der Waals surface area contributed by atoms with Crippen molar-refractivity contribution < 1.29 is 9.53 Å². The molecule has 1 saturated heterocycles. The van der Waals surface area contributed by atoms with Crippen LogP contribution in [0.5, 0.6) is 0 Å². The average Bonchev–Trinajstić information content (AvgIpc) is 2.53. The lowest BCUT2D eigenvalue weighted by atomic mass is 10.1. The lowest BCUT2D eigenvalue weighted by Gasteiger charge is -2.26. The number of hydrogen-bond donors (Lipinski definition) is 0. The molecule has 5 heteroatoms. The molecule has 4 nitrogen and oxygen atoms in total. The molecule has 0 atom stereocenters. The Hall–Kier alpha value is -1.77. The van der Waals surface area contributed by atoms with Gasteiger partial charge < -0.3 is 9.64 Å². The molecule has 1 fully saturated rings. The van der Waals surface area contributed by atoms with Gasteiger partial charge in [0, 0.05) is 18.0 Å². The van der Waals surface area contributed by atoms with Crippen molar-refractivity contribution in [2.75, 3.05) is 32.6 Å². The van der Waals surface area contributed by atoms with Crippen molar-refractivity contribution in [2.24, 2.45) is 0 Å². The van der Waals surface area contributed by atoms with Gasteiger partial charge >= 0.3 is 0 Å². The molecule has 0 bridgehead atoms. The van der Waals surface area contributed by atoms with Gasteiger partial charge in [0.05, 0.1) is 13.2 Å². The van der Waals surface area contributed by atoms with Crippen molar-refractivity contribution in [3.63, 3.8) is 0 Å². The van der Waals surface area contributed by atoms with Gasteiger partial charge in [-0.05, 0) is 30.0 Å². The molecule has 0 saturated carbocycles. The minimum absolute atomic E-state index is 0.170. The van der Waals surface area contributed by atoms with Gasteiger partial charge in [-0.2, -0.15) is 5.26 Å². The molecule has 0 aromatic heterocycles. The summed E-state index contributed by atoms with van der Waals surface area (Å²) in [5.41, 5.74) is 1.03. The van der Waals surface area contributed by atoms with Gasteiger partial charge in [-0.15, -0.1) is 11.8 Å². The zero-order chi connectivity index (χ0) is 14.4. The maximum Gasteiger partial charge on any atom is 0.264 e. The molecule has 20 heavy (non-hydrogen) atoms. The summed E-state index contributed by atoms with van der Waals surface area (Å²) in [7, 11) is 0. The Morgan fingerprint density at radius 2 is 2.00 bits per heavy atom. The first-order chi connectivity index (χ1) is 9.74. The summed E-state index contributed by atoms with van der Waals surface area (Å²) in [6.45, 7) is 2.16. The lowest BCUT2D eigenvalue weighted by molar-refractivity contribution is -0.130. The van der Waals surface area contributed by atoms with Crippen LogP contribution < -0.4 is 0 Å². The van der Waals surface area contributed by atoms with Crippen molar-refractivity contribution >= 4 is 23.7 Å². The molecule has 1 aromatic carbocycles. The molecule has 104 valence electrons. The number of nitriles is 1. The number of rotatable bonds is 3. The second kappa shape index (κ2) is 7.13. The zero-order valence-electron chi connectivity index (χ0n) is 11.3. The smallest absolute Gasteiger partial charge is 0.264 e. The molecule has 1 heterocycles. The van der Waals surface area contributed by atoms with Gasteiger partial charge in [-0.1, -0.05) is 12.1 Å². The van der Waals surface area contributed by atoms with Crippen LogP contribution in [0.2, 0.25) is 0 Å². The third-order valence-electron chi connectivity index (χ3n) is 3.08. The van der Waals surface area contributed by atoms with E-state index in [1.807, 2.05) is 36.6 Å². The Morgan fingerprint density at radius 1 is 1.35 bits per heavy atom. The number of hydrogen-bond acceptors (Lipinski definition) is 4. The quantitative estimate of drug-likeness (QED) is 0.486. The molecular weight excluding hydrogens is 272 g/mol. The summed E-state index contributed by atoms with van der Waals surface area (Å²) in [6, 6.07) is 9.78. The zero-order valence-corrected chi connectivity index (χ0v) is 12.2. The standard InChI is InChI=1S/C15H16N2O2S/c1-20-14-4-2-12(3-5-14)10-13(11-16)15(18)17-6-8-19-9-7-17/h2-5,10H,6-9H2,1H3. The van der Waals surface area contributed by atoms with E-state index in [0.29, 0.717) is 26.3 Å². The van der Waals surface area contributed by atoms with Crippen LogP contribution in [0.1, 0.15) is 5.56 Å². The Kier molecular flexibility index (Phi) is 5.22. The molecule has 1 aromatic rings. The molecule has 1 aliphatic rings. The summed E-state index contributed by atoms with van der Waals surface area (Å²) < 4.78 is 5.21. The number of carbonyl (C=O) groups excluding carboxylic acids is 1. The highest BCUT2D eigenvalue weighted by Crippen LogP contribution is 2.17. The topological polar surface area (TPSA) is 53.3 Å². The maximum atomic E-state index is 12.2. The Labute approximate surface area is 123 Å². The van der Waals surface area contributed by atoms with Crippen LogP contribution in [0, 0.1) is 11.3 Å². The van der Waals surface area contributed by atoms with E-state index < -0.39 is 0 Å². The number of morpholine rings is 1. The molecule has 1 amide bonds. The van der Waals surface area contributed by atoms with Crippen molar-refractivity contribution in [1.29, 1.82) is 5.26 Å². The van der Waals surface area contributed by atoms with E-state index in [4.69, 9.17) is 4.74 Å². The first kappa shape index (κ1) is 14.6. The van der Waals surface area contributed by atoms with E-state index in [2.05, 4.69) is 0 Å². The van der Waals surface area contributed by atoms with Crippen LogP contribution in [0.15, 0.2) is 34.7 Å². The van der Waals surface area contributed by atoms with Crippen molar-refractivity contribution in [2.45, 2.75) is 4.90 Å². The van der Waals surface area contributed by atoms with Crippen LogP contribution in [0.4, 0.5) is 0 Å². The second-order valence-corrected chi connectivity index (χ2v) is 5.23. The number of nitrogens with zero attached hydrogens (tertiary/aromatic N) is 2. The highest BCUT2D eigenvalue weighted by atomic mass is 32.2. The van der Waals surface area contributed by atoms with Gasteiger partial charge in [0.15, 0.2) is 0 Å². The molecule has 0 N–H and O–H groups in total. The van der Waals surface area contributed by atoms with Crippen LogP contribution >= 0.6 is 11.8 Å². The monoisotopic (exact) mass is 288 g/mol. The van der Waals surface area contributed by atoms with Crippen LogP contribution in [-0.2, 0) is 9.53 Å². The minimum Gasteiger partial charge on any atom is -0.378 e. The predicted molar refractivity (Wildman–Crippen MR) is 79.2 cm³/mol. The summed E-state index contributed by atoms with van der Waals surface area (Å²) in [4.78, 5) is 15.0. The largest absolute Gasteiger partial charge is 0.378 e. The second-order valence-electron chi connectivity index (χ2n) is 4.35. The molecule has 2 rings (SSSR count). The van der Waals surface area contributed by atoms with Crippen LogP contribution in [0.3, 0.4) is 0 Å². The number of ether oxygens (including phenoxy) is 1. The van der Waals surface area contributed by atoms with Gasteiger partial charge in [-0.25, -0.2) is 0 Å². The molecule has 0 unspecified atom stereocenters. The van der Waals surface area contributed by atoms with E-state index in [1.54, 1.807) is 22.7 Å². The van der Waals surface area contributed by atoms with E-state index >= 15 is 0 Å². The number of benzene rings is 1. The van der Waals surface area contributed by atoms with Crippen molar-refractivity contribution in [3.8, 4) is 6.07 Å². The fourth-order valence-electron chi connectivity index (χ4n) is 1.95. The van der Waals surface area contributed by atoms with Crippen molar-refractivity contribution in [1.82, 2.24) is 4.90 Å². The van der Waals surface area contributed by atoms with Crippen LogP contribution in [0.25, 0.3) is 6.08 Å². The third-order valence-corrected chi connectivity index (χ3v) is 3.82. The van der Waals surface area contributed by atoms with E-state index in [9.17, 15) is 10.1 Å². The summed E-state index contributed by atoms with van der Waals surface area (Å²) >= 11 is 1.66.